The third-order valence-electron chi connectivity index (χ3n) is 4.16. The predicted molar refractivity (Wildman–Crippen MR) is 102 cm³/mol. The lowest BCUT2D eigenvalue weighted by atomic mass is 10.2. The third kappa shape index (κ3) is 3.41. The molecule has 2 heterocycles. The van der Waals surface area contributed by atoms with Crippen LogP contribution in [-0.2, 0) is 0 Å². The second-order valence-corrected chi connectivity index (χ2v) is 6.01. The van der Waals surface area contributed by atoms with Crippen molar-refractivity contribution in [2.75, 3.05) is 5.32 Å². The number of imidazole rings is 1. The summed E-state index contributed by atoms with van der Waals surface area (Å²) >= 11 is 0. The first-order valence-corrected chi connectivity index (χ1v) is 8.29. The zero-order chi connectivity index (χ0) is 18.8. The summed E-state index contributed by atoms with van der Waals surface area (Å²) in [7, 11) is 0. The van der Waals surface area contributed by atoms with Crippen LogP contribution >= 0.6 is 0 Å². The van der Waals surface area contributed by atoms with Crippen LogP contribution in [0.5, 0.6) is 0 Å². The summed E-state index contributed by atoms with van der Waals surface area (Å²) in [6.45, 7) is 0. The summed E-state index contributed by atoms with van der Waals surface area (Å²) in [6, 6.07) is 19.3. The van der Waals surface area contributed by atoms with Crippen LogP contribution in [0.15, 0.2) is 79.1 Å². The van der Waals surface area contributed by atoms with Crippen LogP contribution < -0.4 is 5.32 Å². The number of carbonyl (C=O) groups excluding carboxylic acids is 1. The van der Waals surface area contributed by atoms with Gasteiger partial charge in [-0.1, -0.05) is 36.4 Å². The number of aromatic nitrogens is 2. The van der Waals surface area contributed by atoms with Crippen molar-refractivity contribution in [1.82, 2.24) is 9.38 Å². The number of benzene rings is 2. The molecular weight excluding hydrogens is 342 g/mol. The van der Waals surface area contributed by atoms with E-state index in [0.29, 0.717) is 16.9 Å². The van der Waals surface area contributed by atoms with Crippen molar-refractivity contribution in [3.8, 4) is 11.3 Å². The molecule has 6 nitrogen and oxygen atoms in total. The number of rotatable bonds is 4. The predicted octanol–water partition coefficient (Wildman–Crippen LogP) is 3.95. The van der Waals surface area contributed by atoms with Gasteiger partial charge in [0.2, 0.25) is 0 Å². The summed E-state index contributed by atoms with van der Waals surface area (Å²) in [4.78, 5) is 28.1. The topological polar surface area (TPSA) is 83.7 Å². The number of carbonyl (C=O) groups is 2. The van der Waals surface area contributed by atoms with E-state index in [9.17, 15) is 9.59 Å². The molecule has 0 atom stereocenters. The molecular formula is C21H15N3O3. The highest BCUT2D eigenvalue weighted by Crippen LogP contribution is 2.20. The maximum absolute atomic E-state index is 12.5. The summed E-state index contributed by atoms with van der Waals surface area (Å²) in [5.74, 6) is -1.37. The van der Waals surface area contributed by atoms with Gasteiger partial charge in [-0.15, -0.1) is 0 Å². The molecule has 132 valence electrons. The molecule has 4 rings (SSSR count). The van der Waals surface area contributed by atoms with Crippen molar-refractivity contribution < 1.29 is 14.7 Å². The second kappa shape index (κ2) is 6.76. The molecule has 4 aromatic rings. The molecule has 2 N–H and O–H groups in total. The van der Waals surface area contributed by atoms with Crippen molar-refractivity contribution >= 4 is 23.2 Å². The van der Waals surface area contributed by atoms with Gasteiger partial charge in [0.25, 0.3) is 5.91 Å². The van der Waals surface area contributed by atoms with Gasteiger partial charge in [0.05, 0.1) is 11.3 Å². The van der Waals surface area contributed by atoms with Gasteiger partial charge in [-0.2, -0.15) is 0 Å². The van der Waals surface area contributed by atoms with Gasteiger partial charge in [0.15, 0.2) is 0 Å². The summed E-state index contributed by atoms with van der Waals surface area (Å²) in [5, 5.41) is 11.8. The minimum absolute atomic E-state index is 0.115. The van der Waals surface area contributed by atoms with Crippen molar-refractivity contribution in [2.45, 2.75) is 0 Å². The van der Waals surface area contributed by atoms with Crippen LogP contribution in [-0.4, -0.2) is 26.4 Å². The fraction of sp³-hybridized carbons (Fsp3) is 0. The summed E-state index contributed by atoms with van der Waals surface area (Å²) < 4.78 is 1.85. The van der Waals surface area contributed by atoms with Crippen LogP contribution in [0.3, 0.4) is 0 Å². The Labute approximate surface area is 154 Å². The zero-order valence-electron chi connectivity index (χ0n) is 14.2. The van der Waals surface area contributed by atoms with Crippen LogP contribution in [0.4, 0.5) is 5.69 Å². The second-order valence-electron chi connectivity index (χ2n) is 6.01. The molecule has 0 bridgehead atoms. The van der Waals surface area contributed by atoms with Crippen molar-refractivity contribution in [3.63, 3.8) is 0 Å². The number of pyridine rings is 1. The van der Waals surface area contributed by atoms with Gasteiger partial charge in [0.1, 0.15) is 5.65 Å². The average Bonchev–Trinajstić information content (AvgIpc) is 3.12. The van der Waals surface area contributed by atoms with E-state index in [1.54, 1.807) is 30.5 Å². The normalized spacial score (nSPS) is 10.7. The van der Waals surface area contributed by atoms with E-state index in [-0.39, 0.29) is 11.5 Å². The first-order chi connectivity index (χ1) is 13.1. The Kier molecular flexibility index (Phi) is 4.14. The maximum Gasteiger partial charge on any atom is 0.335 e. The number of hydrogen-bond acceptors (Lipinski definition) is 3. The first kappa shape index (κ1) is 16.5. The van der Waals surface area contributed by atoms with Gasteiger partial charge in [-0.3, -0.25) is 4.79 Å². The Hall–Kier alpha value is -3.93. The van der Waals surface area contributed by atoms with Gasteiger partial charge >= 0.3 is 5.97 Å². The van der Waals surface area contributed by atoms with Crippen molar-refractivity contribution in [2.24, 2.45) is 0 Å². The van der Waals surface area contributed by atoms with Crippen molar-refractivity contribution in [3.05, 3.63) is 90.3 Å². The smallest absolute Gasteiger partial charge is 0.335 e. The van der Waals surface area contributed by atoms with Gasteiger partial charge in [0, 0.05) is 29.2 Å². The van der Waals surface area contributed by atoms with E-state index in [2.05, 4.69) is 10.3 Å². The number of nitrogens with zero attached hydrogens (tertiary/aromatic N) is 2. The zero-order valence-corrected chi connectivity index (χ0v) is 14.2. The number of nitrogens with one attached hydrogen (secondary N) is 1. The SMILES string of the molecule is O=C(O)c1cccc(NC(=O)c2ccn3cc(-c4ccccc4)nc3c2)c1. The number of aromatic carboxylic acids is 1. The molecule has 0 unspecified atom stereocenters. The minimum Gasteiger partial charge on any atom is -0.478 e. The first-order valence-electron chi connectivity index (χ1n) is 8.29. The number of hydrogen-bond donors (Lipinski definition) is 2. The molecule has 1 amide bonds. The lowest BCUT2D eigenvalue weighted by Crippen LogP contribution is -2.12. The molecule has 6 heteroatoms. The molecule has 0 radical (unpaired) electrons. The van der Waals surface area contributed by atoms with Gasteiger partial charge in [-0.05, 0) is 30.3 Å². The largest absolute Gasteiger partial charge is 0.478 e. The third-order valence-corrected chi connectivity index (χ3v) is 4.16. The molecule has 0 aliphatic heterocycles. The van der Waals surface area contributed by atoms with E-state index in [1.807, 2.05) is 40.9 Å². The summed E-state index contributed by atoms with van der Waals surface area (Å²) in [5.41, 5.74) is 3.45. The van der Waals surface area contributed by atoms with E-state index in [0.717, 1.165) is 11.3 Å². The molecule has 0 fully saturated rings. The Bertz CT molecular complexity index is 1150. The fourth-order valence-electron chi connectivity index (χ4n) is 2.80. The van der Waals surface area contributed by atoms with Gasteiger partial charge < -0.3 is 14.8 Å². The Balaban J connectivity index is 1.61. The molecule has 27 heavy (non-hydrogen) atoms. The van der Waals surface area contributed by atoms with Crippen LogP contribution in [0.25, 0.3) is 16.9 Å². The van der Waals surface area contributed by atoms with E-state index >= 15 is 0 Å². The Morgan fingerprint density at radius 2 is 1.74 bits per heavy atom. The minimum atomic E-state index is -1.04. The molecule has 2 aromatic heterocycles. The molecule has 2 aromatic carbocycles. The summed E-state index contributed by atoms with van der Waals surface area (Å²) in [6.07, 6.45) is 3.68. The van der Waals surface area contributed by atoms with Crippen LogP contribution in [0.2, 0.25) is 0 Å². The highest BCUT2D eigenvalue weighted by Gasteiger charge is 2.11. The van der Waals surface area contributed by atoms with Crippen molar-refractivity contribution in [1.29, 1.82) is 0 Å². The Morgan fingerprint density at radius 1 is 0.926 bits per heavy atom. The van der Waals surface area contributed by atoms with E-state index < -0.39 is 5.97 Å². The number of carboxylic acids is 1. The number of amides is 1. The monoisotopic (exact) mass is 357 g/mol. The highest BCUT2D eigenvalue weighted by atomic mass is 16.4. The van der Waals surface area contributed by atoms with E-state index in [1.165, 1.54) is 12.1 Å². The Morgan fingerprint density at radius 3 is 2.52 bits per heavy atom. The van der Waals surface area contributed by atoms with Crippen LogP contribution in [0.1, 0.15) is 20.7 Å². The number of carboxylic acid groups (broad SMARTS) is 1. The molecule has 0 spiro atoms. The quantitative estimate of drug-likeness (QED) is 0.579. The molecule has 0 saturated carbocycles. The van der Waals surface area contributed by atoms with E-state index in [4.69, 9.17) is 5.11 Å². The average molecular weight is 357 g/mol. The molecule has 0 aliphatic rings. The molecule has 0 aliphatic carbocycles. The number of anilines is 1. The lowest BCUT2D eigenvalue weighted by Gasteiger charge is -2.06. The lowest BCUT2D eigenvalue weighted by molar-refractivity contribution is 0.0696. The standard InChI is InChI=1S/C21H15N3O3/c25-20(22-17-8-4-7-16(11-17)21(26)27)15-9-10-24-13-18(23-19(24)12-15)14-5-2-1-3-6-14/h1-13H,(H,22,25)(H,26,27). The maximum atomic E-state index is 12.5. The number of fused-ring (bicyclic) bond motifs is 1. The van der Waals surface area contributed by atoms with Gasteiger partial charge in [-0.25, -0.2) is 9.78 Å². The fourth-order valence-corrected chi connectivity index (χ4v) is 2.80. The highest BCUT2D eigenvalue weighted by molar-refractivity contribution is 6.05. The van der Waals surface area contributed by atoms with Crippen LogP contribution in [0, 0.1) is 0 Å². The molecule has 0 saturated heterocycles.